The normalized spacial score (nSPS) is 22.1. The Hall–Kier alpha value is -0.930. The van der Waals surface area contributed by atoms with E-state index in [-0.39, 0.29) is 12.1 Å². The lowest BCUT2D eigenvalue weighted by atomic mass is 9.76. The van der Waals surface area contributed by atoms with Crippen LogP contribution in [0.25, 0.3) is 0 Å². The van der Waals surface area contributed by atoms with E-state index < -0.39 is 5.60 Å². The van der Waals surface area contributed by atoms with Crippen LogP contribution >= 0.6 is 23.2 Å². The summed E-state index contributed by atoms with van der Waals surface area (Å²) in [6.07, 6.45) is 1.36. The number of carbonyl (C=O) groups is 1. The summed E-state index contributed by atoms with van der Waals surface area (Å²) in [6, 6.07) is 5.64. The highest BCUT2D eigenvalue weighted by atomic mass is 35.5. The number of hydrogen-bond donors (Lipinski definition) is 1. The highest BCUT2D eigenvalue weighted by Gasteiger charge is 2.33. The van der Waals surface area contributed by atoms with E-state index in [1.807, 2.05) is 32.9 Å². The van der Waals surface area contributed by atoms with Crippen LogP contribution in [0.1, 0.15) is 45.1 Å². The Kier molecular flexibility index (Phi) is 4.50. The average molecular weight is 316 g/mol. The third-order valence-electron chi connectivity index (χ3n) is 3.26. The minimum absolute atomic E-state index is 0.143. The van der Waals surface area contributed by atoms with Gasteiger partial charge >= 0.3 is 6.09 Å². The molecule has 1 aliphatic carbocycles. The molecule has 1 aromatic carbocycles. The van der Waals surface area contributed by atoms with Gasteiger partial charge in [-0.05, 0) is 63.3 Å². The highest BCUT2D eigenvalue weighted by molar-refractivity contribution is 6.33. The van der Waals surface area contributed by atoms with E-state index in [0.717, 1.165) is 23.4 Å². The van der Waals surface area contributed by atoms with Crippen LogP contribution in [0.5, 0.6) is 0 Å². The van der Waals surface area contributed by atoms with Gasteiger partial charge in [0.15, 0.2) is 0 Å². The fraction of sp³-hybridized carbons (Fsp3) is 0.533. The number of benzene rings is 1. The third kappa shape index (κ3) is 4.03. The Bertz CT molecular complexity index is 505. The molecule has 1 N–H and O–H groups in total. The van der Waals surface area contributed by atoms with Crippen molar-refractivity contribution in [3.63, 3.8) is 0 Å². The van der Waals surface area contributed by atoms with Crippen molar-refractivity contribution in [3.8, 4) is 0 Å². The largest absolute Gasteiger partial charge is 0.444 e. The zero-order chi connectivity index (χ0) is 14.9. The maximum absolute atomic E-state index is 11.6. The SMILES string of the molecule is CC(C)(C)OC(=O)NC1CC(c2cc(Cl)ccc2Cl)C1. The summed E-state index contributed by atoms with van der Waals surface area (Å²) in [7, 11) is 0. The first-order valence-electron chi connectivity index (χ1n) is 6.69. The van der Waals surface area contributed by atoms with Crippen LogP contribution < -0.4 is 5.32 Å². The zero-order valence-corrected chi connectivity index (χ0v) is 13.4. The summed E-state index contributed by atoms with van der Waals surface area (Å²) in [4.78, 5) is 11.6. The van der Waals surface area contributed by atoms with Crippen molar-refractivity contribution < 1.29 is 9.53 Å². The second kappa shape index (κ2) is 5.82. The summed E-state index contributed by atoms with van der Waals surface area (Å²) < 4.78 is 5.23. The summed E-state index contributed by atoms with van der Waals surface area (Å²) in [5.74, 6) is 0.348. The van der Waals surface area contributed by atoms with Crippen molar-refractivity contribution in [2.24, 2.45) is 0 Å². The van der Waals surface area contributed by atoms with Gasteiger partial charge in [0.1, 0.15) is 5.60 Å². The van der Waals surface area contributed by atoms with Gasteiger partial charge in [-0.3, -0.25) is 0 Å². The molecule has 0 bridgehead atoms. The average Bonchev–Trinajstić information content (AvgIpc) is 2.24. The van der Waals surface area contributed by atoms with E-state index in [1.54, 1.807) is 6.07 Å². The molecule has 0 radical (unpaired) electrons. The molecule has 2 rings (SSSR count). The summed E-state index contributed by atoms with van der Waals surface area (Å²) in [5, 5.41) is 4.29. The van der Waals surface area contributed by atoms with Crippen molar-refractivity contribution in [1.82, 2.24) is 5.32 Å². The van der Waals surface area contributed by atoms with E-state index in [0.29, 0.717) is 10.9 Å². The molecule has 1 aliphatic rings. The lowest BCUT2D eigenvalue weighted by molar-refractivity contribution is 0.0471. The van der Waals surface area contributed by atoms with Crippen LogP contribution in [-0.2, 0) is 4.74 Å². The van der Waals surface area contributed by atoms with Crippen LogP contribution in [0.4, 0.5) is 4.79 Å². The summed E-state index contributed by atoms with van der Waals surface area (Å²) in [6.45, 7) is 5.55. The van der Waals surface area contributed by atoms with Crippen molar-refractivity contribution in [3.05, 3.63) is 33.8 Å². The second-order valence-electron chi connectivity index (χ2n) is 6.18. The molecular weight excluding hydrogens is 297 g/mol. The van der Waals surface area contributed by atoms with Crippen molar-refractivity contribution >= 4 is 29.3 Å². The second-order valence-corrected chi connectivity index (χ2v) is 7.02. The van der Waals surface area contributed by atoms with Crippen LogP contribution in [0, 0.1) is 0 Å². The number of halogens is 2. The van der Waals surface area contributed by atoms with Gasteiger partial charge in [0, 0.05) is 16.1 Å². The Balaban J connectivity index is 1.86. The summed E-state index contributed by atoms with van der Waals surface area (Å²) in [5.41, 5.74) is 0.588. The molecule has 0 aromatic heterocycles. The van der Waals surface area contributed by atoms with Crippen LogP contribution in [-0.4, -0.2) is 17.7 Å². The number of nitrogens with one attached hydrogen (secondary N) is 1. The Labute approximate surface area is 129 Å². The molecule has 0 atom stereocenters. The molecule has 1 fully saturated rings. The lowest BCUT2D eigenvalue weighted by Crippen LogP contribution is -2.45. The molecule has 0 spiro atoms. The Morgan fingerprint density at radius 2 is 1.95 bits per heavy atom. The monoisotopic (exact) mass is 315 g/mol. The van der Waals surface area contributed by atoms with Gasteiger partial charge < -0.3 is 10.1 Å². The number of hydrogen-bond acceptors (Lipinski definition) is 2. The molecule has 1 aromatic rings. The van der Waals surface area contributed by atoms with Gasteiger partial charge in [0.05, 0.1) is 0 Å². The van der Waals surface area contributed by atoms with Gasteiger partial charge in [-0.2, -0.15) is 0 Å². The first-order chi connectivity index (χ1) is 9.24. The fourth-order valence-corrected chi connectivity index (χ4v) is 2.74. The molecule has 0 unspecified atom stereocenters. The van der Waals surface area contributed by atoms with Gasteiger partial charge in [-0.25, -0.2) is 4.79 Å². The number of alkyl carbamates (subject to hydrolysis) is 1. The smallest absolute Gasteiger partial charge is 0.407 e. The molecule has 5 heteroatoms. The van der Waals surface area contributed by atoms with E-state index in [9.17, 15) is 4.79 Å². The number of rotatable bonds is 2. The molecule has 1 saturated carbocycles. The minimum Gasteiger partial charge on any atom is -0.444 e. The molecule has 3 nitrogen and oxygen atoms in total. The standard InChI is InChI=1S/C15H19Cl2NO2/c1-15(2,3)20-14(19)18-11-6-9(7-11)12-8-10(16)4-5-13(12)17/h4-5,8-9,11H,6-7H2,1-3H3,(H,18,19). The van der Waals surface area contributed by atoms with Crippen LogP contribution in [0.2, 0.25) is 10.0 Å². The molecule has 0 heterocycles. The molecule has 1 amide bonds. The van der Waals surface area contributed by atoms with E-state index >= 15 is 0 Å². The fourth-order valence-electron chi connectivity index (χ4n) is 2.29. The van der Waals surface area contributed by atoms with Crippen molar-refractivity contribution in [2.75, 3.05) is 0 Å². The number of amides is 1. The first kappa shape index (κ1) is 15.5. The quantitative estimate of drug-likeness (QED) is 0.854. The molecule has 0 aliphatic heterocycles. The van der Waals surface area contributed by atoms with Crippen LogP contribution in [0.15, 0.2) is 18.2 Å². The van der Waals surface area contributed by atoms with Gasteiger partial charge in [0.2, 0.25) is 0 Å². The Morgan fingerprint density at radius 1 is 1.30 bits per heavy atom. The molecule has 20 heavy (non-hydrogen) atoms. The molecular formula is C15H19Cl2NO2. The summed E-state index contributed by atoms with van der Waals surface area (Å²) >= 11 is 12.2. The maximum Gasteiger partial charge on any atom is 0.407 e. The third-order valence-corrected chi connectivity index (χ3v) is 3.84. The van der Waals surface area contributed by atoms with Gasteiger partial charge in [-0.15, -0.1) is 0 Å². The van der Waals surface area contributed by atoms with Gasteiger partial charge in [-0.1, -0.05) is 23.2 Å². The Morgan fingerprint density at radius 3 is 2.55 bits per heavy atom. The lowest BCUT2D eigenvalue weighted by Gasteiger charge is -2.37. The molecule has 0 saturated heterocycles. The van der Waals surface area contributed by atoms with Crippen molar-refractivity contribution in [2.45, 2.75) is 51.2 Å². The molecule has 110 valence electrons. The topological polar surface area (TPSA) is 38.3 Å². The van der Waals surface area contributed by atoms with E-state index in [2.05, 4.69) is 5.32 Å². The number of carbonyl (C=O) groups excluding carboxylic acids is 1. The number of ether oxygens (including phenoxy) is 1. The van der Waals surface area contributed by atoms with Gasteiger partial charge in [0.25, 0.3) is 0 Å². The van der Waals surface area contributed by atoms with E-state index in [4.69, 9.17) is 27.9 Å². The maximum atomic E-state index is 11.6. The van der Waals surface area contributed by atoms with Crippen LogP contribution in [0.3, 0.4) is 0 Å². The minimum atomic E-state index is -0.469. The van der Waals surface area contributed by atoms with E-state index in [1.165, 1.54) is 0 Å². The van der Waals surface area contributed by atoms with Crippen molar-refractivity contribution in [1.29, 1.82) is 0 Å². The first-order valence-corrected chi connectivity index (χ1v) is 7.44. The zero-order valence-electron chi connectivity index (χ0n) is 11.9. The predicted octanol–water partition coefficient (Wildman–Crippen LogP) is 4.76. The highest BCUT2D eigenvalue weighted by Crippen LogP contribution is 2.41. The predicted molar refractivity (Wildman–Crippen MR) is 81.6 cm³/mol.